The molecule has 1 aliphatic rings. The number of unbranched alkanes of at least 4 members (excludes halogenated alkanes) is 2. The highest BCUT2D eigenvalue weighted by Crippen LogP contribution is 2.34. The summed E-state index contributed by atoms with van der Waals surface area (Å²) >= 11 is 0. The van der Waals surface area contributed by atoms with Gasteiger partial charge in [-0.05, 0) is 37.6 Å². The van der Waals surface area contributed by atoms with Crippen molar-refractivity contribution in [1.82, 2.24) is 5.32 Å². The highest BCUT2D eigenvalue weighted by atomic mass is 14.9. The fourth-order valence-corrected chi connectivity index (χ4v) is 3.67. The smallest absolute Gasteiger partial charge is 0.00952 e. The zero-order chi connectivity index (χ0) is 13.2. The van der Waals surface area contributed by atoms with Crippen molar-refractivity contribution in [3.05, 3.63) is 0 Å². The Hall–Kier alpha value is -0.0400. The van der Waals surface area contributed by atoms with Crippen LogP contribution in [0.15, 0.2) is 0 Å². The Kier molecular flexibility index (Phi) is 8.75. The maximum Gasteiger partial charge on any atom is 0.00952 e. The van der Waals surface area contributed by atoms with Crippen LogP contribution in [0.1, 0.15) is 85.0 Å². The third-order valence-electron chi connectivity index (χ3n) is 4.74. The van der Waals surface area contributed by atoms with Gasteiger partial charge in [0, 0.05) is 6.04 Å². The summed E-state index contributed by atoms with van der Waals surface area (Å²) in [7, 11) is 0. The van der Waals surface area contributed by atoms with Gasteiger partial charge in [-0.2, -0.15) is 0 Å². The van der Waals surface area contributed by atoms with Crippen LogP contribution < -0.4 is 5.32 Å². The van der Waals surface area contributed by atoms with Crippen LogP contribution in [0.3, 0.4) is 0 Å². The molecule has 0 spiro atoms. The van der Waals surface area contributed by atoms with Crippen molar-refractivity contribution in [1.29, 1.82) is 0 Å². The molecule has 0 heterocycles. The molecule has 0 saturated heterocycles. The molecular weight excluding hydrogens is 218 g/mol. The third-order valence-corrected chi connectivity index (χ3v) is 4.74. The van der Waals surface area contributed by atoms with Crippen LogP contribution in [0.2, 0.25) is 0 Å². The van der Waals surface area contributed by atoms with E-state index in [2.05, 4.69) is 26.1 Å². The van der Waals surface area contributed by atoms with Crippen LogP contribution in [0.25, 0.3) is 0 Å². The van der Waals surface area contributed by atoms with E-state index < -0.39 is 0 Å². The lowest BCUT2D eigenvalue weighted by atomic mass is 9.76. The fourth-order valence-electron chi connectivity index (χ4n) is 3.67. The van der Waals surface area contributed by atoms with Gasteiger partial charge in [-0.3, -0.25) is 0 Å². The van der Waals surface area contributed by atoms with Crippen molar-refractivity contribution < 1.29 is 0 Å². The molecule has 1 atom stereocenters. The standard InChI is InChI=1S/C17H35N/c1-4-7-8-10-17(18-6-3)16-13-11-15(9-5-2)12-14-16/h15-18H,4-14H2,1-3H3. The Labute approximate surface area is 115 Å². The molecule has 0 aromatic carbocycles. The van der Waals surface area contributed by atoms with Gasteiger partial charge in [0.15, 0.2) is 0 Å². The van der Waals surface area contributed by atoms with Crippen LogP contribution in [0.4, 0.5) is 0 Å². The zero-order valence-corrected chi connectivity index (χ0v) is 13.0. The molecule has 0 aromatic heterocycles. The highest BCUT2D eigenvalue weighted by Gasteiger charge is 2.26. The first-order valence-electron chi connectivity index (χ1n) is 8.55. The van der Waals surface area contributed by atoms with Gasteiger partial charge in [0.25, 0.3) is 0 Å². The van der Waals surface area contributed by atoms with Crippen molar-refractivity contribution >= 4 is 0 Å². The zero-order valence-electron chi connectivity index (χ0n) is 13.0. The van der Waals surface area contributed by atoms with E-state index in [-0.39, 0.29) is 0 Å². The minimum atomic E-state index is 0.809. The van der Waals surface area contributed by atoms with Crippen LogP contribution in [0.5, 0.6) is 0 Å². The summed E-state index contributed by atoms with van der Waals surface area (Å²) in [5, 5.41) is 3.76. The van der Waals surface area contributed by atoms with Crippen LogP contribution >= 0.6 is 0 Å². The van der Waals surface area contributed by atoms with Gasteiger partial charge < -0.3 is 5.32 Å². The van der Waals surface area contributed by atoms with E-state index in [9.17, 15) is 0 Å². The number of rotatable bonds is 9. The van der Waals surface area contributed by atoms with Gasteiger partial charge in [-0.15, -0.1) is 0 Å². The molecule has 108 valence electrons. The molecule has 1 saturated carbocycles. The van der Waals surface area contributed by atoms with Crippen LogP contribution in [-0.2, 0) is 0 Å². The Bertz CT molecular complexity index is 182. The predicted octanol–water partition coefficient (Wildman–Crippen LogP) is 5.15. The monoisotopic (exact) mass is 253 g/mol. The second kappa shape index (κ2) is 9.83. The maximum absolute atomic E-state index is 3.76. The van der Waals surface area contributed by atoms with Gasteiger partial charge in [-0.25, -0.2) is 0 Å². The normalized spacial score (nSPS) is 26.2. The number of hydrogen-bond acceptors (Lipinski definition) is 1. The van der Waals surface area contributed by atoms with Crippen molar-refractivity contribution in [2.45, 2.75) is 91.0 Å². The van der Waals surface area contributed by atoms with E-state index in [1.54, 1.807) is 0 Å². The molecule has 0 aromatic rings. The van der Waals surface area contributed by atoms with Crippen molar-refractivity contribution in [2.75, 3.05) is 6.54 Å². The van der Waals surface area contributed by atoms with E-state index in [0.29, 0.717) is 0 Å². The van der Waals surface area contributed by atoms with Gasteiger partial charge in [0.2, 0.25) is 0 Å². The molecular formula is C17H35N. The van der Waals surface area contributed by atoms with E-state index in [4.69, 9.17) is 0 Å². The number of hydrogen-bond donors (Lipinski definition) is 1. The first-order valence-corrected chi connectivity index (χ1v) is 8.55. The molecule has 1 aliphatic carbocycles. The lowest BCUT2D eigenvalue weighted by Gasteiger charge is -2.34. The molecule has 1 N–H and O–H groups in total. The molecule has 1 nitrogen and oxygen atoms in total. The summed E-state index contributed by atoms with van der Waals surface area (Å²) in [6.45, 7) is 8.04. The Morgan fingerprint density at radius 1 is 0.944 bits per heavy atom. The quantitative estimate of drug-likeness (QED) is 0.560. The second-order valence-corrected chi connectivity index (χ2v) is 6.23. The van der Waals surface area contributed by atoms with Crippen LogP contribution in [0, 0.1) is 11.8 Å². The largest absolute Gasteiger partial charge is 0.314 e. The van der Waals surface area contributed by atoms with Gasteiger partial charge >= 0.3 is 0 Å². The summed E-state index contributed by atoms with van der Waals surface area (Å²) in [6.07, 6.45) is 14.4. The maximum atomic E-state index is 3.76. The van der Waals surface area contributed by atoms with E-state index in [1.807, 2.05) is 0 Å². The van der Waals surface area contributed by atoms with Gasteiger partial charge in [-0.1, -0.05) is 65.7 Å². The summed E-state index contributed by atoms with van der Waals surface area (Å²) in [5.41, 5.74) is 0. The van der Waals surface area contributed by atoms with Gasteiger partial charge in [0.05, 0.1) is 0 Å². The predicted molar refractivity (Wildman–Crippen MR) is 82.0 cm³/mol. The molecule has 0 aliphatic heterocycles. The molecule has 18 heavy (non-hydrogen) atoms. The molecule has 1 heteroatoms. The molecule has 1 rings (SSSR count). The lowest BCUT2D eigenvalue weighted by molar-refractivity contribution is 0.206. The minimum Gasteiger partial charge on any atom is -0.314 e. The molecule has 0 bridgehead atoms. The third kappa shape index (κ3) is 5.73. The first-order chi connectivity index (χ1) is 8.81. The molecule has 0 radical (unpaired) electrons. The van der Waals surface area contributed by atoms with Gasteiger partial charge in [0.1, 0.15) is 0 Å². The van der Waals surface area contributed by atoms with E-state index in [1.165, 1.54) is 64.2 Å². The highest BCUT2D eigenvalue weighted by molar-refractivity contribution is 4.81. The summed E-state index contributed by atoms with van der Waals surface area (Å²) in [5.74, 6) is 2.01. The van der Waals surface area contributed by atoms with Crippen molar-refractivity contribution in [3.63, 3.8) is 0 Å². The Balaban J connectivity index is 2.30. The summed E-state index contributed by atoms with van der Waals surface area (Å²) in [4.78, 5) is 0. The van der Waals surface area contributed by atoms with Crippen molar-refractivity contribution in [3.8, 4) is 0 Å². The SMILES string of the molecule is CCCCCC(NCC)C1CCC(CCC)CC1. The topological polar surface area (TPSA) is 12.0 Å². The second-order valence-electron chi connectivity index (χ2n) is 6.23. The number of nitrogens with one attached hydrogen (secondary N) is 1. The fraction of sp³-hybridized carbons (Fsp3) is 1.00. The average Bonchev–Trinajstić information content (AvgIpc) is 2.39. The van der Waals surface area contributed by atoms with Crippen molar-refractivity contribution in [2.24, 2.45) is 11.8 Å². The summed E-state index contributed by atoms with van der Waals surface area (Å²) < 4.78 is 0. The Morgan fingerprint density at radius 3 is 2.22 bits per heavy atom. The Morgan fingerprint density at radius 2 is 1.67 bits per heavy atom. The van der Waals surface area contributed by atoms with Crippen LogP contribution in [-0.4, -0.2) is 12.6 Å². The first kappa shape index (κ1) is 16.0. The summed E-state index contributed by atoms with van der Waals surface area (Å²) in [6, 6.07) is 0.809. The molecule has 1 fully saturated rings. The average molecular weight is 253 g/mol. The molecule has 0 amide bonds. The minimum absolute atomic E-state index is 0.809. The molecule has 1 unspecified atom stereocenters. The lowest BCUT2D eigenvalue weighted by Crippen LogP contribution is -2.38. The van der Waals surface area contributed by atoms with E-state index in [0.717, 1.165) is 24.4 Å². The van der Waals surface area contributed by atoms with E-state index >= 15 is 0 Å².